The second-order valence-corrected chi connectivity index (χ2v) is 6.76. The molecular weight excluding hydrogens is 264 g/mol. The molecule has 0 bridgehead atoms. The lowest BCUT2D eigenvalue weighted by Crippen LogP contribution is -2.37. The maximum absolute atomic E-state index is 5.31. The lowest BCUT2D eigenvalue weighted by Gasteiger charge is -2.21. The molecule has 3 heteroatoms. The average Bonchev–Trinajstić information content (AvgIpc) is 2.38. The van der Waals surface area contributed by atoms with Gasteiger partial charge in [0, 0.05) is 6.54 Å². The Morgan fingerprint density at radius 3 is 2.30 bits per heavy atom. The van der Waals surface area contributed by atoms with Gasteiger partial charge in [0.05, 0.1) is 6.04 Å². The fourth-order valence-corrected chi connectivity index (χ4v) is 2.26. The number of thiocarbonyl (C=S) groups is 1. The first kappa shape index (κ1) is 17.0. The van der Waals surface area contributed by atoms with Crippen LogP contribution in [-0.4, -0.2) is 11.7 Å². The lowest BCUT2D eigenvalue weighted by molar-refractivity contribution is 0.589. The number of rotatable bonds is 5. The van der Waals surface area contributed by atoms with Gasteiger partial charge < -0.3 is 10.6 Å². The van der Waals surface area contributed by atoms with Crippen LogP contribution in [0.2, 0.25) is 0 Å². The zero-order chi connectivity index (χ0) is 15.2. The third-order valence-electron chi connectivity index (χ3n) is 3.44. The fraction of sp³-hybridized carbons (Fsp3) is 0.588. The van der Waals surface area contributed by atoms with Crippen LogP contribution in [0.3, 0.4) is 0 Å². The second-order valence-electron chi connectivity index (χ2n) is 6.35. The van der Waals surface area contributed by atoms with Gasteiger partial charge in [-0.2, -0.15) is 0 Å². The maximum Gasteiger partial charge on any atom is 0.166 e. The molecule has 2 N–H and O–H groups in total. The molecule has 0 fully saturated rings. The van der Waals surface area contributed by atoms with E-state index in [0.717, 1.165) is 18.1 Å². The van der Waals surface area contributed by atoms with Crippen molar-refractivity contribution in [3.63, 3.8) is 0 Å². The summed E-state index contributed by atoms with van der Waals surface area (Å²) in [5.41, 5.74) is 2.82. The standard InChI is InChI=1S/C17H28N2S/c1-6-7-12-18-16(20)19-13(2)14-8-10-15(11-9-14)17(3,4)5/h8-11,13H,6-7,12H2,1-5H3,(H2,18,19,20). The summed E-state index contributed by atoms with van der Waals surface area (Å²) in [6.45, 7) is 12.0. The van der Waals surface area contributed by atoms with Gasteiger partial charge >= 0.3 is 0 Å². The fourth-order valence-electron chi connectivity index (χ4n) is 1.98. The lowest BCUT2D eigenvalue weighted by atomic mass is 9.86. The Morgan fingerprint density at radius 2 is 1.80 bits per heavy atom. The zero-order valence-corrected chi connectivity index (χ0v) is 14.2. The molecule has 112 valence electrons. The highest BCUT2D eigenvalue weighted by molar-refractivity contribution is 7.80. The van der Waals surface area contributed by atoms with Gasteiger partial charge in [0.25, 0.3) is 0 Å². The molecule has 1 atom stereocenters. The molecule has 0 aliphatic carbocycles. The molecule has 1 aromatic rings. The summed E-state index contributed by atoms with van der Waals surface area (Å²) < 4.78 is 0. The van der Waals surface area contributed by atoms with E-state index in [0.29, 0.717) is 0 Å². The minimum absolute atomic E-state index is 0.201. The topological polar surface area (TPSA) is 24.1 Å². The second kappa shape index (κ2) is 7.63. The van der Waals surface area contributed by atoms with Crippen LogP contribution in [0.1, 0.15) is 64.6 Å². The van der Waals surface area contributed by atoms with Gasteiger partial charge in [-0.15, -0.1) is 0 Å². The molecule has 0 aliphatic heterocycles. The molecule has 0 radical (unpaired) electrons. The monoisotopic (exact) mass is 292 g/mol. The minimum atomic E-state index is 0.201. The summed E-state index contributed by atoms with van der Waals surface area (Å²) in [7, 11) is 0. The molecule has 0 spiro atoms. The van der Waals surface area contributed by atoms with E-state index in [1.54, 1.807) is 0 Å². The highest BCUT2D eigenvalue weighted by atomic mass is 32.1. The molecule has 20 heavy (non-hydrogen) atoms. The van der Waals surface area contributed by atoms with Crippen LogP contribution in [-0.2, 0) is 5.41 Å². The van der Waals surface area contributed by atoms with Gasteiger partial charge in [-0.25, -0.2) is 0 Å². The van der Waals surface area contributed by atoms with Crippen LogP contribution in [0.5, 0.6) is 0 Å². The van der Waals surface area contributed by atoms with E-state index in [-0.39, 0.29) is 11.5 Å². The van der Waals surface area contributed by atoms with Gasteiger partial charge in [-0.1, -0.05) is 58.4 Å². The Kier molecular flexibility index (Phi) is 6.47. The Hall–Kier alpha value is -1.09. The zero-order valence-electron chi connectivity index (χ0n) is 13.4. The first-order valence-electron chi connectivity index (χ1n) is 7.49. The third-order valence-corrected chi connectivity index (χ3v) is 3.70. The highest BCUT2D eigenvalue weighted by Gasteiger charge is 2.14. The van der Waals surface area contributed by atoms with Crippen molar-refractivity contribution in [2.75, 3.05) is 6.54 Å². The summed E-state index contributed by atoms with van der Waals surface area (Å²) in [4.78, 5) is 0. The molecule has 0 aliphatic rings. The number of hydrogen-bond acceptors (Lipinski definition) is 1. The summed E-state index contributed by atoms with van der Waals surface area (Å²) in [5.74, 6) is 0. The summed E-state index contributed by atoms with van der Waals surface area (Å²) in [6.07, 6.45) is 2.33. The Labute approximate surface area is 129 Å². The summed E-state index contributed by atoms with van der Waals surface area (Å²) in [5, 5.41) is 7.32. The molecule has 0 heterocycles. The number of benzene rings is 1. The summed E-state index contributed by atoms with van der Waals surface area (Å²) >= 11 is 5.31. The van der Waals surface area contributed by atoms with Crippen LogP contribution >= 0.6 is 12.2 Å². The Morgan fingerprint density at radius 1 is 1.20 bits per heavy atom. The van der Waals surface area contributed by atoms with Crippen LogP contribution in [0, 0.1) is 0 Å². The Bertz CT molecular complexity index is 418. The van der Waals surface area contributed by atoms with Crippen LogP contribution in [0.4, 0.5) is 0 Å². The summed E-state index contributed by atoms with van der Waals surface area (Å²) in [6, 6.07) is 9.02. The van der Waals surface area contributed by atoms with Crippen molar-refractivity contribution in [2.45, 2.75) is 58.9 Å². The SMILES string of the molecule is CCCCNC(=S)NC(C)c1ccc(C(C)(C)C)cc1. The van der Waals surface area contributed by atoms with Crippen molar-refractivity contribution in [2.24, 2.45) is 0 Å². The van der Waals surface area contributed by atoms with Gasteiger partial charge in [-0.3, -0.25) is 0 Å². The largest absolute Gasteiger partial charge is 0.363 e. The molecule has 2 nitrogen and oxygen atoms in total. The van der Waals surface area contributed by atoms with Gasteiger partial charge in [-0.05, 0) is 42.1 Å². The highest BCUT2D eigenvalue weighted by Crippen LogP contribution is 2.23. The quantitative estimate of drug-likeness (QED) is 0.624. The van der Waals surface area contributed by atoms with Crippen molar-refractivity contribution in [3.8, 4) is 0 Å². The molecule has 0 amide bonds. The van der Waals surface area contributed by atoms with E-state index in [9.17, 15) is 0 Å². The number of unbranched alkanes of at least 4 members (excludes halogenated alkanes) is 1. The van der Waals surface area contributed by atoms with Crippen LogP contribution < -0.4 is 10.6 Å². The first-order valence-corrected chi connectivity index (χ1v) is 7.90. The predicted octanol–water partition coefficient (Wildman–Crippen LogP) is 4.31. The van der Waals surface area contributed by atoms with Crippen LogP contribution in [0.15, 0.2) is 24.3 Å². The van der Waals surface area contributed by atoms with Crippen molar-refractivity contribution in [1.82, 2.24) is 10.6 Å². The molecule has 0 aromatic heterocycles. The van der Waals surface area contributed by atoms with E-state index in [4.69, 9.17) is 12.2 Å². The first-order chi connectivity index (χ1) is 9.34. The molecule has 1 aromatic carbocycles. The van der Waals surface area contributed by atoms with E-state index < -0.39 is 0 Å². The predicted molar refractivity (Wildman–Crippen MR) is 92.2 cm³/mol. The number of hydrogen-bond donors (Lipinski definition) is 2. The van der Waals surface area contributed by atoms with Gasteiger partial charge in [0.15, 0.2) is 5.11 Å². The average molecular weight is 292 g/mol. The minimum Gasteiger partial charge on any atom is -0.363 e. The van der Waals surface area contributed by atoms with Crippen molar-refractivity contribution in [3.05, 3.63) is 35.4 Å². The normalized spacial score (nSPS) is 12.8. The smallest absolute Gasteiger partial charge is 0.166 e. The maximum atomic E-state index is 5.31. The molecule has 0 saturated heterocycles. The molecule has 0 saturated carbocycles. The van der Waals surface area contributed by atoms with Crippen LogP contribution in [0.25, 0.3) is 0 Å². The molecule has 1 unspecified atom stereocenters. The number of nitrogens with one attached hydrogen (secondary N) is 2. The van der Waals surface area contributed by atoms with Gasteiger partial charge in [0.1, 0.15) is 0 Å². The van der Waals surface area contributed by atoms with Crippen molar-refractivity contribution in [1.29, 1.82) is 0 Å². The third kappa shape index (κ3) is 5.49. The van der Waals surface area contributed by atoms with E-state index in [1.807, 2.05) is 0 Å². The van der Waals surface area contributed by atoms with E-state index >= 15 is 0 Å². The van der Waals surface area contributed by atoms with Crippen molar-refractivity contribution < 1.29 is 0 Å². The molecular formula is C17H28N2S. The van der Waals surface area contributed by atoms with Crippen molar-refractivity contribution >= 4 is 17.3 Å². The Balaban J connectivity index is 2.55. The van der Waals surface area contributed by atoms with E-state index in [2.05, 4.69) is 69.5 Å². The van der Waals surface area contributed by atoms with Gasteiger partial charge in [0.2, 0.25) is 0 Å². The molecule has 1 rings (SSSR count). The van der Waals surface area contributed by atoms with E-state index in [1.165, 1.54) is 17.5 Å².